The largest absolute Gasteiger partial charge is 0.467 e. The first-order valence-corrected chi connectivity index (χ1v) is 10.9. The van der Waals surface area contributed by atoms with Crippen molar-refractivity contribution in [3.63, 3.8) is 0 Å². The molecule has 1 fully saturated rings. The van der Waals surface area contributed by atoms with Crippen LogP contribution in [-0.2, 0) is 13.0 Å². The van der Waals surface area contributed by atoms with Crippen LogP contribution in [0.25, 0.3) is 0 Å². The molecule has 1 saturated heterocycles. The van der Waals surface area contributed by atoms with Crippen LogP contribution in [0.4, 0.5) is 0 Å². The van der Waals surface area contributed by atoms with Crippen molar-refractivity contribution >= 4 is 11.8 Å². The molecule has 0 unspecified atom stereocenters. The lowest BCUT2D eigenvalue weighted by atomic mass is 9.89. The zero-order valence-corrected chi connectivity index (χ0v) is 17.8. The Morgan fingerprint density at radius 1 is 1.06 bits per heavy atom. The topological polar surface area (TPSA) is 62.6 Å². The number of furan rings is 1. The number of aryl methyl sites for hydroxylation is 1. The van der Waals surface area contributed by atoms with Gasteiger partial charge in [-0.25, -0.2) is 0 Å². The normalized spacial score (nSPS) is 16.2. The van der Waals surface area contributed by atoms with Crippen LogP contribution in [0.5, 0.6) is 0 Å². The maximum absolute atomic E-state index is 13.0. The van der Waals surface area contributed by atoms with E-state index in [-0.39, 0.29) is 17.7 Å². The molecule has 1 N–H and O–H groups in total. The lowest BCUT2D eigenvalue weighted by Crippen LogP contribution is -2.39. The van der Waals surface area contributed by atoms with Gasteiger partial charge in [-0.1, -0.05) is 31.2 Å². The van der Waals surface area contributed by atoms with Crippen LogP contribution in [0.1, 0.15) is 63.3 Å². The number of likely N-dealkylation sites (tertiary alicyclic amines) is 1. The van der Waals surface area contributed by atoms with Crippen LogP contribution in [0.15, 0.2) is 71.3 Å². The van der Waals surface area contributed by atoms with Gasteiger partial charge in [0.2, 0.25) is 0 Å². The number of nitrogens with zero attached hydrogens (tertiary/aromatic N) is 1. The Hall–Kier alpha value is -3.34. The molecule has 0 bridgehead atoms. The molecule has 0 spiro atoms. The minimum Gasteiger partial charge on any atom is -0.467 e. The van der Waals surface area contributed by atoms with E-state index in [1.54, 1.807) is 12.3 Å². The monoisotopic (exact) mass is 416 g/mol. The first kappa shape index (κ1) is 20.9. The summed E-state index contributed by atoms with van der Waals surface area (Å²) in [4.78, 5) is 27.5. The van der Waals surface area contributed by atoms with Crippen LogP contribution in [0.3, 0.4) is 0 Å². The molecule has 31 heavy (non-hydrogen) atoms. The van der Waals surface area contributed by atoms with Crippen molar-refractivity contribution in [2.24, 2.45) is 0 Å². The summed E-state index contributed by atoms with van der Waals surface area (Å²) in [6.07, 6.45) is 4.52. The SMILES string of the molecule is CCc1ccc(C(=O)N2CCC[C@@H](c3cccc(C(=O)NCc4ccco4)c3)C2)cc1. The molecule has 1 aliphatic heterocycles. The van der Waals surface area contributed by atoms with Crippen molar-refractivity contribution in [3.05, 3.63) is 94.9 Å². The van der Waals surface area contributed by atoms with E-state index < -0.39 is 0 Å². The summed E-state index contributed by atoms with van der Waals surface area (Å²) >= 11 is 0. The van der Waals surface area contributed by atoms with Gasteiger partial charge in [0, 0.05) is 30.1 Å². The standard InChI is InChI=1S/C26H28N2O3/c1-2-19-10-12-20(13-11-19)26(30)28-14-4-8-23(18-28)21-6-3-7-22(16-21)25(29)27-17-24-9-5-15-31-24/h3,5-7,9-13,15-16,23H,2,4,8,14,17-18H2,1H3,(H,27,29)/t23-/m1/s1. The van der Waals surface area contributed by atoms with Gasteiger partial charge in [-0.3, -0.25) is 9.59 Å². The number of rotatable bonds is 6. The molecule has 2 aromatic carbocycles. The second-order valence-corrected chi connectivity index (χ2v) is 8.03. The molecule has 160 valence electrons. The number of nitrogens with one attached hydrogen (secondary N) is 1. The summed E-state index contributed by atoms with van der Waals surface area (Å²) in [7, 11) is 0. The molecule has 0 radical (unpaired) electrons. The Labute approximate surface area is 183 Å². The van der Waals surface area contributed by atoms with Crippen molar-refractivity contribution in [1.29, 1.82) is 0 Å². The Morgan fingerprint density at radius 2 is 1.90 bits per heavy atom. The number of benzene rings is 2. The van der Waals surface area contributed by atoms with Crippen LogP contribution in [0, 0.1) is 0 Å². The van der Waals surface area contributed by atoms with Gasteiger partial charge in [0.15, 0.2) is 0 Å². The summed E-state index contributed by atoms with van der Waals surface area (Å²) in [6, 6.07) is 19.3. The fourth-order valence-corrected chi connectivity index (χ4v) is 4.12. The van der Waals surface area contributed by atoms with Crippen molar-refractivity contribution < 1.29 is 14.0 Å². The van der Waals surface area contributed by atoms with Gasteiger partial charge in [0.05, 0.1) is 12.8 Å². The van der Waals surface area contributed by atoms with E-state index in [2.05, 4.69) is 18.3 Å². The zero-order valence-electron chi connectivity index (χ0n) is 17.8. The smallest absolute Gasteiger partial charge is 0.253 e. The molecular formula is C26H28N2O3. The van der Waals surface area contributed by atoms with E-state index in [0.717, 1.165) is 42.7 Å². The van der Waals surface area contributed by atoms with Gasteiger partial charge < -0.3 is 14.6 Å². The third-order valence-corrected chi connectivity index (χ3v) is 5.94. The molecule has 3 aromatic rings. The number of piperidine rings is 1. The van der Waals surface area contributed by atoms with Crippen molar-refractivity contribution in [3.8, 4) is 0 Å². The average Bonchev–Trinajstić information content (AvgIpc) is 3.36. The zero-order chi connectivity index (χ0) is 21.6. The van der Waals surface area contributed by atoms with E-state index in [9.17, 15) is 9.59 Å². The number of carbonyl (C=O) groups is 2. The third kappa shape index (κ3) is 5.05. The number of hydrogen-bond acceptors (Lipinski definition) is 3. The summed E-state index contributed by atoms with van der Waals surface area (Å²) < 4.78 is 5.27. The van der Waals surface area contributed by atoms with E-state index in [1.165, 1.54) is 5.56 Å². The fraction of sp³-hybridized carbons (Fsp3) is 0.308. The maximum atomic E-state index is 13.0. The van der Waals surface area contributed by atoms with Crippen molar-refractivity contribution in [1.82, 2.24) is 10.2 Å². The highest BCUT2D eigenvalue weighted by Crippen LogP contribution is 2.28. The number of carbonyl (C=O) groups excluding carboxylic acids is 2. The lowest BCUT2D eigenvalue weighted by molar-refractivity contribution is 0.0706. The fourth-order valence-electron chi connectivity index (χ4n) is 4.12. The Morgan fingerprint density at radius 3 is 2.65 bits per heavy atom. The summed E-state index contributed by atoms with van der Waals surface area (Å²) in [5.74, 6) is 0.904. The van der Waals surface area contributed by atoms with Crippen molar-refractivity contribution in [2.75, 3.05) is 13.1 Å². The highest BCUT2D eigenvalue weighted by atomic mass is 16.3. The van der Waals surface area contributed by atoms with E-state index in [0.29, 0.717) is 18.7 Å². The van der Waals surface area contributed by atoms with Crippen LogP contribution < -0.4 is 5.32 Å². The lowest BCUT2D eigenvalue weighted by Gasteiger charge is -2.33. The molecule has 1 aliphatic rings. The quantitative estimate of drug-likeness (QED) is 0.628. The van der Waals surface area contributed by atoms with E-state index in [4.69, 9.17) is 4.42 Å². The Kier molecular flexibility index (Phi) is 6.51. The van der Waals surface area contributed by atoms with Gasteiger partial charge in [0.1, 0.15) is 5.76 Å². The second kappa shape index (κ2) is 9.65. The Balaban J connectivity index is 1.42. The Bertz CT molecular complexity index is 1030. The van der Waals surface area contributed by atoms with E-state index in [1.807, 2.05) is 53.4 Å². The minimum atomic E-state index is -0.127. The van der Waals surface area contributed by atoms with Crippen LogP contribution >= 0.6 is 0 Å². The van der Waals surface area contributed by atoms with Gasteiger partial charge in [-0.2, -0.15) is 0 Å². The number of amides is 2. The van der Waals surface area contributed by atoms with Gasteiger partial charge >= 0.3 is 0 Å². The first-order chi connectivity index (χ1) is 15.1. The highest BCUT2D eigenvalue weighted by molar-refractivity contribution is 5.95. The summed E-state index contributed by atoms with van der Waals surface area (Å²) in [5.41, 5.74) is 3.70. The average molecular weight is 417 g/mol. The molecule has 2 heterocycles. The molecule has 1 atom stereocenters. The molecule has 4 rings (SSSR count). The van der Waals surface area contributed by atoms with Gasteiger partial charge in [0.25, 0.3) is 11.8 Å². The van der Waals surface area contributed by atoms with Crippen LogP contribution in [0.2, 0.25) is 0 Å². The molecule has 0 saturated carbocycles. The van der Waals surface area contributed by atoms with Crippen LogP contribution in [-0.4, -0.2) is 29.8 Å². The van der Waals surface area contributed by atoms with Gasteiger partial charge in [-0.05, 0) is 66.8 Å². The first-order valence-electron chi connectivity index (χ1n) is 10.9. The second-order valence-electron chi connectivity index (χ2n) is 8.03. The molecule has 0 aliphatic carbocycles. The predicted molar refractivity (Wildman–Crippen MR) is 120 cm³/mol. The summed E-state index contributed by atoms with van der Waals surface area (Å²) in [6.45, 7) is 3.91. The van der Waals surface area contributed by atoms with E-state index >= 15 is 0 Å². The minimum absolute atomic E-state index is 0.0831. The molecule has 5 nitrogen and oxygen atoms in total. The van der Waals surface area contributed by atoms with Gasteiger partial charge in [-0.15, -0.1) is 0 Å². The molecule has 2 amide bonds. The number of hydrogen-bond donors (Lipinski definition) is 1. The summed E-state index contributed by atoms with van der Waals surface area (Å²) in [5, 5.41) is 2.89. The molecular weight excluding hydrogens is 388 g/mol. The predicted octanol–water partition coefficient (Wildman–Crippen LogP) is 4.79. The highest BCUT2D eigenvalue weighted by Gasteiger charge is 2.26. The maximum Gasteiger partial charge on any atom is 0.253 e. The van der Waals surface area contributed by atoms with Crippen molar-refractivity contribution in [2.45, 2.75) is 38.6 Å². The third-order valence-electron chi connectivity index (χ3n) is 5.94. The molecule has 1 aromatic heterocycles. The molecule has 5 heteroatoms.